The van der Waals surface area contributed by atoms with E-state index in [-0.39, 0.29) is 5.73 Å². The van der Waals surface area contributed by atoms with Gasteiger partial charge in [0.25, 0.3) is 0 Å². The van der Waals surface area contributed by atoms with Gasteiger partial charge in [0.1, 0.15) is 0 Å². The van der Waals surface area contributed by atoms with Gasteiger partial charge < -0.3 is 5.11 Å². The molecule has 1 unspecified atom stereocenters. The van der Waals surface area contributed by atoms with Crippen LogP contribution in [0, 0.1) is 20.8 Å². The first-order valence-corrected chi connectivity index (χ1v) is 24.8. The van der Waals surface area contributed by atoms with Crippen LogP contribution in [-0.2, 0) is 0 Å². The Balaban J connectivity index is 3.88. The molecule has 1 rings (SSSR count). The van der Waals surface area contributed by atoms with Crippen LogP contribution >= 0.6 is 0 Å². The number of aliphatic hydroxyl groups excluding tert-OH is 1. The summed E-state index contributed by atoms with van der Waals surface area (Å²) < 4.78 is 0. The highest BCUT2D eigenvalue weighted by Crippen LogP contribution is 2.46. The molecule has 0 heterocycles. The Bertz CT molecular complexity index is 544. The lowest BCUT2D eigenvalue weighted by atomic mass is 10.0. The molecule has 0 aliphatic carbocycles. The molecule has 0 amide bonds. The van der Waals surface area contributed by atoms with Gasteiger partial charge in [-0.2, -0.15) is 0 Å². The van der Waals surface area contributed by atoms with Crippen LogP contribution in [0.5, 0.6) is 0 Å². The van der Waals surface area contributed by atoms with E-state index in [0.717, 1.165) is 0 Å². The van der Waals surface area contributed by atoms with E-state index in [0.29, 0.717) is 0 Å². The molecule has 0 aromatic heterocycles. The summed E-state index contributed by atoms with van der Waals surface area (Å²) in [5, 5.41) is 12.1. The fourth-order valence-corrected chi connectivity index (χ4v) is 106. The zero-order valence-electron chi connectivity index (χ0n) is 18.2. The topological polar surface area (TPSA) is 20.2 Å². The summed E-state index contributed by atoms with van der Waals surface area (Å²) in [5.74, 6) is 0. The Morgan fingerprint density at radius 3 is 1.21 bits per heavy atom. The van der Waals surface area contributed by atoms with E-state index in [2.05, 4.69) is 91.8 Å². The van der Waals surface area contributed by atoms with E-state index in [1.807, 2.05) is 0 Å². The summed E-state index contributed by atoms with van der Waals surface area (Å²) in [5.41, 5.74) is 4.99. The van der Waals surface area contributed by atoms with Gasteiger partial charge in [-0.15, -0.1) is 0 Å². The average Bonchev–Trinajstić information content (AvgIpc) is 2.20. The second-order valence-corrected chi connectivity index (χ2v) is 51.5. The summed E-state index contributed by atoms with van der Waals surface area (Å²) in [7, 11) is -4.50. The minimum absolute atomic E-state index is 0.192. The number of hydrogen-bond acceptors (Lipinski definition) is 1. The molecule has 1 aromatic carbocycles. The van der Waals surface area contributed by atoms with Crippen LogP contribution in [0.25, 0.3) is 0 Å². The molecule has 0 bridgehead atoms. The van der Waals surface area contributed by atoms with E-state index >= 15 is 0 Å². The summed E-state index contributed by atoms with van der Waals surface area (Å²) in [6.45, 7) is 27.7. The SMILES string of the molecule is Cc1cc(C)c(C(O)[Si]([Si](C)(C)C)([Si](C)(C)C)[Si](C)(C)C)c(C)c1. The predicted molar refractivity (Wildman–Crippen MR) is 121 cm³/mol. The molecule has 1 aromatic rings. The van der Waals surface area contributed by atoms with Crippen LogP contribution in [0.1, 0.15) is 28.0 Å². The third-order valence-electron chi connectivity index (χ3n) is 5.97. The van der Waals surface area contributed by atoms with Crippen molar-refractivity contribution < 1.29 is 5.11 Å². The molecule has 24 heavy (non-hydrogen) atoms. The van der Waals surface area contributed by atoms with Crippen molar-refractivity contribution in [3.05, 3.63) is 34.4 Å². The van der Waals surface area contributed by atoms with Gasteiger partial charge in [0, 0.05) is 22.8 Å². The fourth-order valence-electron chi connectivity index (χ4n) is 6.44. The summed E-state index contributed by atoms with van der Waals surface area (Å²) in [6.07, 6.45) is 0. The summed E-state index contributed by atoms with van der Waals surface area (Å²) >= 11 is 0. The van der Waals surface area contributed by atoms with Crippen LogP contribution in [0.4, 0.5) is 0 Å². The maximum Gasteiger partial charge on any atom is 0.0758 e. The second-order valence-electron chi connectivity index (χ2n) is 10.8. The fraction of sp³-hybridized carbons (Fsp3) is 0.684. The maximum absolute atomic E-state index is 12.1. The molecule has 1 nitrogen and oxygen atoms in total. The Morgan fingerprint density at radius 2 is 0.958 bits per heavy atom. The van der Waals surface area contributed by atoms with Crippen LogP contribution in [0.15, 0.2) is 12.1 Å². The quantitative estimate of drug-likeness (QED) is 0.616. The molecule has 0 saturated carbocycles. The normalized spacial score (nSPS) is 15.5. The van der Waals surface area contributed by atoms with Crippen molar-refractivity contribution in [1.82, 2.24) is 0 Å². The maximum atomic E-state index is 12.1. The Morgan fingerprint density at radius 1 is 0.667 bits per heavy atom. The molecule has 1 atom stereocenters. The molecule has 0 saturated heterocycles. The molecule has 0 fully saturated rings. The lowest BCUT2D eigenvalue weighted by molar-refractivity contribution is 0.254. The van der Waals surface area contributed by atoms with Crippen LogP contribution in [-0.4, -0.2) is 34.5 Å². The molecular formula is C19H40OSi4. The van der Waals surface area contributed by atoms with Crippen LogP contribution < -0.4 is 0 Å². The lowest BCUT2D eigenvalue weighted by Crippen LogP contribution is -2.85. The smallest absolute Gasteiger partial charge is 0.0758 e. The number of hydrogen-bond donors (Lipinski definition) is 1. The van der Waals surface area contributed by atoms with E-state index in [1.54, 1.807) is 0 Å². The van der Waals surface area contributed by atoms with Crippen LogP contribution in [0.3, 0.4) is 0 Å². The van der Waals surface area contributed by atoms with Gasteiger partial charge in [0.2, 0.25) is 0 Å². The number of aryl methyl sites for hydroxylation is 3. The first-order valence-electron chi connectivity index (χ1n) is 9.24. The lowest BCUT2D eigenvalue weighted by Gasteiger charge is -2.60. The largest absolute Gasteiger partial charge is 0.393 e. The number of benzene rings is 1. The molecule has 1 N–H and O–H groups in total. The molecule has 0 aliphatic rings. The van der Waals surface area contributed by atoms with Crippen molar-refractivity contribution in [1.29, 1.82) is 0 Å². The van der Waals surface area contributed by atoms with E-state index < -0.39 is 29.4 Å². The molecule has 138 valence electrons. The minimum Gasteiger partial charge on any atom is -0.393 e. The average molecular weight is 397 g/mol. The highest BCUT2D eigenvalue weighted by atomic mass is 29.9. The monoisotopic (exact) mass is 396 g/mol. The summed E-state index contributed by atoms with van der Waals surface area (Å²) in [4.78, 5) is 0. The van der Waals surface area contributed by atoms with Crippen molar-refractivity contribution in [2.24, 2.45) is 0 Å². The first-order chi connectivity index (χ1) is 10.5. The highest BCUT2D eigenvalue weighted by molar-refractivity contribution is 7.89. The zero-order chi connectivity index (χ0) is 19.3. The molecular weight excluding hydrogens is 357 g/mol. The molecule has 5 heteroatoms. The Kier molecular flexibility index (Phi) is 6.12. The van der Waals surface area contributed by atoms with Gasteiger partial charge in [-0.3, -0.25) is 0 Å². The first kappa shape index (κ1) is 22.1. The predicted octanol–water partition coefficient (Wildman–Crippen LogP) is 5.88. The van der Waals surface area contributed by atoms with Crippen molar-refractivity contribution in [3.8, 4) is 0 Å². The Labute approximate surface area is 154 Å². The van der Waals surface area contributed by atoms with Gasteiger partial charge in [-0.25, -0.2) is 0 Å². The van der Waals surface area contributed by atoms with Crippen molar-refractivity contribution in [2.45, 2.75) is 85.4 Å². The number of rotatable bonds is 5. The van der Waals surface area contributed by atoms with Gasteiger partial charge >= 0.3 is 0 Å². The standard InChI is InChI=1S/C19H40OSi4/c1-15-13-16(2)18(17(3)14-15)19(20)24(21(4,5)6,22(7,8)9)23(10,11)12/h13-14,19-20H,1-12H3. The van der Waals surface area contributed by atoms with Crippen molar-refractivity contribution in [3.63, 3.8) is 0 Å². The molecule has 0 spiro atoms. The van der Waals surface area contributed by atoms with Gasteiger partial charge in [0.05, 0.1) is 12.4 Å². The summed E-state index contributed by atoms with van der Waals surface area (Å²) in [6, 6.07) is 4.53. The highest BCUT2D eigenvalue weighted by Gasteiger charge is 2.65. The third-order valence-corrected chi connectivity index (χ3v) is 78.4. The van der Waals surface area contributed by atoms with Crippen molar-refractivity contribution in [2.75, 3.05) is 0 Å². The van der Waals surface area contributed by atoms with E-state index in [4.69, 9.17) is 0 Å². The molecule has 0 aliphatic heterocycles. The van der Waals surface area contributed by atoms with Gasteiger partial charge in [-0.1, -0.05) is 76.6 Å². The van der Waals surface area contributed by atoms with Crippen LogP contribution in [0.2, 0.25) is 58.9 Å². The zero-order valence-corrected chi connectivity index (χ0v) is 22.2. The van der Waals surface area contributed by atoms with Gasteiger partial charge in [0.15, 0.2) is 0 Å². The van der Waals surface area contributed by atoms with E-state index in [1.165, 1.54) is 22.3 Å². The van der Waals surface area contributed by atoms with E-state index in [9.17, 15) is 5.11 Å². The second kappa shape index (κ2) is 6.65. The third kappa shape index (κ3) is 3.47. The van der Waals surface area contributed by atoms with Gasteiger partial charge in [-0.05, 0) is 37.5 Å². The number of aliphatic hydroxyl groups is 1. The Hall–Kier alpha value is 0.0475. The molecule has 0 radical (unpaired) electrons. The van der Waals surface area contributed by atoms with Crippen molar-refractivity contribution >= 4 is 29.4 Å². The minimum atomic E-state index is -1.85.